The first-order valence-electron chi connectivity index (χ1n) is 1.34. The molecule has 0 unspecified atom stereocenters. The lowest BCUT2D eigenvalue weighted by Crippen LogP contribution is -2.35. The van der Waals surface area contributed by atoms with Gasteiger partial charge in [-0.05, 0) is 0 Å². The van der Waals surface area contributed by atoms with Gasteiger partial charge in [-0.15, -0.1) is 0 Å². The number of nitrogens with zero attached hydrogens (tertiary/aromatic N) is 4. The summed E-state index contributed by atoms with van der Waals surface area (Å²) in [6, 6.07) is 0. The van der Waals surface area contributed by atoms with E-state index >= 15 is 0 Å². The minimum atomic E-state index is 0.120. The van der Waals surface area contributed by atoms with Crippen LogP contribution in [0.1, 0.15) is 0 Å². The number of hydrogen-bond acceptors (Lipinski definition) is 2. The van der Waals surface area contributed by atoms with Gasteiger partial charge in [-0.1, -0.05) is 0 Å². The maximum atomic E-state index is 4.93. The summed E-state index contributed by atoms with van der Waals surface area (Å²) in [5.41, 5.74) is 0. The molecule has 0 fully saturated rings. The van der Waals surface area contributed by atoms with Crippen LogP contribution in [0.25, 0.3) is 0 Å². The fourth-order valence-corrected chi connectivity index (χ4v) is 0.152. The van der Waals surface area contributed by atoms with Crippen LogP contribution >= 0.6 is 0 Å². The van der Waals surface area contributed by atoms with Crippen LogP contribution < -0.4 is 5.41 Å². The summed E-state index contributed by atoms with van der Waals surface area (Å²) in [4.78, 5) is 0. The van der Waals surface area contributed by atoms with E-state index in [1.807, 2.05) is 0 Å². The second-order valence-electron chi connectivity index (χ2n) is 0.737. The average molecular weight is 84.1 g/mol. The molecule has 0 aliphatic carbocycles. The van der Waals surface area contributed by atoms with E-state index in [-0.39, 0.29) is 5.96 Å². The quantitative estimate of drug-likeness (QED) is 0.388. The first-order valence-corrected chi connectivity index (χ1v) is 1.34. The van der Waals surface area contributed by atoms with Crippen LogP contribution in [-0.4, -0.2) is 5.96 Å². The molecule has 1 aliphatic heterocycles. The Morgan fingerprint density at radius 1 is 1.17 bits per heavy atom. The summed E-state index contributed by atoms with van der Waals surface area (Å²) in [7, 11) is 0. The normalized spacial score (nSPS) is 17.0. The number of hydrogen-bond donors (Lipinski definition) is 1. The second kappa shape index (κ2) is 0.925. The third kappa shape index (κ3) is 0.291. The van der Waals surface area contributed by atoms with Gasteiger partial charge in [0.1, 0.15) is 0 Å². The fourth-order valence-electron chi connectivity index (χ4n) is 0.152. The van der Waals surface area contributed by atoms with E-state index in [1.54, 1.807) is 0 Å². The van der Waals surface area contributed by atoms with Crippen LogP contribution in [-0.2, 0) is 0 Å². The van der Waals surface area contributed by atoms with Crippen LogP contribution in [0.3, 0.4) is 0 Å². The van der Waals surface area contributed by atoms with Gasteiger partial charge in [0.25, 0.3) is 0 Å². The molecule has 5 nitrogen and oxygen atoms in total. The molecule has 1 rings (SSSR count). The Morgan fingerprint density at radius 3 is 1.83 bits per heavy atom. The zero-order valence-corrected chi connectivity index (χ0v) is 2.87. The highest BCUT2D eigenvalue weighted by atomic mass is 15.6. The Balaban J connectivity index is 2.86. The Labute approximate surface area is 33.3 Å². The smallest absolute Gasteiger partial charge is 0.281 e. The summed E-state index contributed by atoms with van der Waals surface area (Å²) in [6.45, 7) is 0. The molecule has 6 heavy (non-hydrogen) atoms. The molecule has 1 heterocycles. The fraction of sp³-hybridized carbons (Fsp3) is 0. The lowest BCUT2D eigenvalue weighted by Gasteiger charge is -1.45. The third-order valence-electron chi connectivity index (χ3n) is 0.334. The van der Waals surface area contributed by atoms with Crippen molar-refractivity contribution in [1.82, 2.24) is 0 Å². The maximum Gasteiger partial charge on any atom is 0.471 e. The van der Waals surface area contributed by atoms with Crippen molar-refractivity contribution in [3.8, 4) is 0 Å². The molecule has 0 aromatic heterocycles. The predicted molar refractivity (Wildman–Crippen MR) is 16.6 cm³/mol. The molecule has 0 saturated heterocycles. The van der Waals surface area contributed by atoms with E-state index in [2.05, 4.69) is 20.7 Å². The van der Waals surface area contributed by atoms with Gasteiger partial charge < -0.3 is 0 Å². The summed E-state index contributed by atoms with van der Waals surface area (Å²) in [6.07, 6.45) is 0. The molecule has 0 bridgehead atoms. The molecule has 0 aromatic carbocycles. The van der Waals surface area contributed by atoms with E-state index in [9.17, 15) is 0 Å². The summed E-state index contributed by atoms with van der Waals surface area (Å²) in [5.74, 6) is 0.120. The second-order valence-corrected chi connectivity index (χ2v) is 0.737. The molecule has 0 aromatic rings. The molecule has 2 N–H and O–H groups in total. The van der Waals surface area contributed by atoms with E-state index in [1.165, 1.54) is 0 Å². The maximum absolute atomic E-state index is 4.93. The monoisotopic (exact) mass is 84.0 g/mol. The van der Waals surface area contributed by atoms with Gasteiger partial charge in [-0.3, -0.25) is 5.41 Å². The Hall–Kier alpha value is -1.13. The van der Waals surface area contributed by atoms with Crippen LogP contribution in [0.4, 0.5) is 0 Å². The first-order chi connectivity index (χ1) is 2.89. The molecule has 0 spiro atoms. The van der Waals surface area contributed by atoms with Gasteiger partial charge in [-0.2, -0.15) is 0 Å². The number of nitrogens with two attached hydrogens (primary N) is 1. The molecule has 0 radical (unpaired) electrons. The van der Waals surface area contributed by atoms with Crippen LogP contribution in [0.15, 0.2) is 20.7 Å². The zero-order valence-electron chi connectivity index (χ0n) is 2.87. The minimum absolute atomic E-state index is 0.120. The van der Waals surface area contributed by atoms with E-state index in [4.69, 9.17) is 5.41 Å². The molecule has 0 saturated carbocycles. The van der Waals surface area contributed by atoms with Crippen molar-refractivity contribution in [3.63, 3.8) is 0 Å². The molecule has 0 amide bonds. The van der Waals surface area contributed by atoms with E-state index in [0.29, 0.717) is 0 Å². The lowest BCUT2D eigenvalue weighted by molar-refractivity contribution is -0.116. The Kier molecular flexibility index (Phi) is 0.474. The highest BCUT2D eigenvalue weighted by Crippen LogP contribution is 1.89. The van der Waals surface area contributed by atoms with Crippen LogP contribution in [0.5, 0.6) is 0 Å². The molecule has 30 valence electrons. The lowest BCUT2D eigenvalue weighted by atomic mass is 11.1. The Morgan fingerprint density at radius 2 is 1.67 bits per heavy atom. The van der Waals surface area contributed by atoms with Crippen molar-refractivity contribution in [2.75, 3.05) is 0 Å². The zero-order chi connectivity index (χ0) is 4.41. The first kappa shape index (κ1) is 3.08. The van der Waals surface area contributed by atoms with Crippen LogP contribution in [0.2, 0.25) is 0 Å². The number of guanidine groups is 1. The van der Waals surface area contributed by atoms with Gasteiger partial charge in [0.2, 0.25) is 0 Å². The van der Waals surface area contributed by atoms with Crippen molar-refractivity contribution in [1.29, 1.82) is 0 Å². The van der Waals surface area contributed by atoms with Gasteiger partial charge in [0, 0.05) is 0 Å². The molecule has 0 atom stereocenters. The minimum Gasteiger partial charge on any atom is -0.281 e. The van der Waals surface area contributed by atoms with Crippen molar-refractivity contribution in [3.05, 3.63) is 0 Å². The third-order valence-corrected chi connectivity index (χ3v) is 0.334. The van der Waals surface area contributed by atoms with Gasteiger partial charge in [-0.25, -0.2) is 0 Å². The Bertz CT molecular complexity index is 106. The molecular formula is CH2N5+. The molecular weight excluding hydrogens is 82.0 g/mol. The van der Waals surface area contributed by atoms with Crippen molar-refractivity contribution in [2.24, 2.45) is 20.7 Å². The van der Waals surface area contributed by atoms with Crippen molar-refractivity contribution >= 4 is 5.96 Å². The van der Waals surface area contributed by atoms with Gasteiger partial charge in [0.15, 0.2) is 0 Å². The van der Waals surface area contributed by atoms with E-state index in [0.717, 1.165) is 0 Å². The number of rotatable bonds is 0. The summed E-state index contributed by atoms with van der Waals surface area (Å²) >= 11 is 0. The topological polar surface area (TPSA) is 75.0 Å². The SMILES string of the molecule is [NH2+]=C1N=NN=N1. The standard InChI is InChI=1S/CHN5/c2-1-3-5-6-4-1/h2H/p+1. The van der Waals surface area contributed by atoms with Gasteiger partial charge >= 0.3 is 5.96 Å². The highest BCUT2D eigenvalue weighted by Gasteiger charge is 2.05. The van der Waals surface area contributed by atoms with Crippen molar-refractivity contribution < 1.29 is 5.41 Å². The van der Waals surface area contributed by atoms with Crippen LogP contribution in [0, 0.1) is 0 Å². The summed E-state index contributed by atoms with van der Waals surface area (Å²) in [5, 5.41) is 17.5. The van der Waals surface area contributed by atoms with E-state index < -0.39 is 0 Å². The average Bonchev–Trinajstić information content (AvgIpc) is 1.86. The summed E-state index contributed by atoms with van der Waals surface area (Å²) < 4.78 is 0. The van der Waals surface area contributed by atoms with Gasteiger partial charge in [0.05, 0.1) is 20.7 Å². The van der Waals surface area contributed by atoms with Crippen molar-refractivity contribution in [2.45, 2.75) is 0 Å². The predicted octanol–water partition coefficient (Wildman–Crippen LogP) is -1.07. The molecule has 1 aliphatic rings. The molecule has 5 heteroatoms. The highest BCUT2D eigenvalue weighted by molar-refractivity contribution is 5.74. The largest absolute Gasteiger partial charge is 0.471 e.